The van der Waals surface area contributed by atoms with Crippen LogP contribution in [0.5, 0.6) is 0 Å². The Kier molecular flexibility index (Phi) is 6.84. The zero-order chi connectivity index (χ0) is 12.8. The molecule has 0 rings (SSSR count). The van der Waals surface area contributed by atoms with E-state index in [1.807, 2.05) is 0 Å². The third-order valence-corrected chi connectivity index (χ3v) is 3.14. The largest absolute Gasteiger partial charge is 0.386 e. The monoisotopic (exact) mass is 229 g/mol. The number of aliphatic hydroxyl groups excluding tert-OH is 1. The average molecular weight is 229 g/mol. The van der Waals surface area contributed by atoms with Crippen LogP contribution in [0.4, 0.5) is 0 Å². The van der Waals surface area contributed by atoms with Crippen LogP contribution in [-0.2, 0) is 4.79 Å². The number of nitrogens with two attached hydrogens (primary N) is 1. The molecule has 0 fully saturated rings. The Bertz CT molecular complexity index is 199. The number of carbonyl (C=O) groups excluding carboxylic acids is 1. The standard InChI is InChI=1S/C13H27NO2/c1-5-6-7-10(8-11(16)9-15)12(14)13(2,3)4/h9-12,16H,5-8,14H2,1-4H3. The summed E-state index contributed by atoms with van der Waals surface area (Å²) in [6.07, 6.45) is 3.43. The van der Waals surface area contributed by atoms with E-state index in [1.165, 1.54) is 0 Å². The van der Waals surface area contributed by atoms with Crippen molar-refractivity contribution in [1.82, 2.24) is 0 Å². The highest BCUT2D eigenvalue weighted by molar-refractivity contribution is 5.55. The maximum absolute atomic E-state index is 10.5. The summed E-state index contributed by atoms with van der Waals surface area (Å²) in [5.74, 6) is 0.222. The first kappa shape index (κ1) is 15.6. The van der Waals surface area contributed by atoms with Crippen LogP contribution in [0.15, 0.2) is 0 Å². The summed E-state index contributed by atoms with van der Waals surface area (Å²) < 4.78 is 0. The lowest BCUT2D eigenvalue weighted by molar-refractivity contribution is -0.115. The van der Waals surface area contributed by atoms with Gasteiger partial charge < -0.3 is 15.6 Å². The van der Waals surface area contributed by atoms with Crippen molar-refractivity contribution in [3.8, 4) is 0 Å². The van der Waals surface area contributed by atoms with Gasteiger partial charge in [0, 0.05) is 6.04 Å². The average Bonchev–Trinajstić information content (AvgIpc) is 2.21. The molecule has 0 amide bonds. The maximum Gasteiger partial charge on any atom is 0.148 e. The summed E-state index contributed by atoms with van der Waals surface area (Å²) in [5, 5.41) is 9.42. The van der Waals surface area contributed by atoms with Crippen LogP contribution in [0, 0.1) is 11.3 Å². The van der Waals surface area contributed by atoms with Gasteiger partial charge in [-0.15, -0.1) is 0 Å². The second-order valence-corrected chi connectivity index (χ2v) is 5.73. The molecule has 0 saturated carbocycles. The van der Waals surface area contributed by atoms with Crippen molar-refractivity contribution in [2.45, 2.75) is 65.5 Å². The number of rotatable bonds is 7. The second kappa shape index (κ2) is 7.02. The fraction of sp³-hybridized carbons (Fsp3) is 0.923. The van der Waals surface area contributed by atoms with Crippen molar-refractivity contribution in [3.05, 3.63) is 0 Å². The number of hydrogen-bond acceptors (Lipinski definition) is 3. The molecule has 3 heteroatoms. The SMILES string of the molecule is CCCCC(CC(O)C=O)C(N)C(C)(C)C. The lowest BCUT2D eigenvalue weighted by atomic mass is 9.75. The molecule has 0 aliphatic heterocycles. The molecule has 0 bridgehead atoms. The minimum atomic E-state index is -0.866. The van der Waals surface area contributed by atoms with Crippen LogP contribution in [0.1, 0.15) is 53.4 Å². The molecule has 3 atom stereocenters. The zero-order valence-corrected chi connectivity index (χ0v) is 11.1. The lowest BCUT2D eigenvalue weighted by Crippen LogP contribution is -2.43. The van der Waals surface area contributed by atoms with Crippen LogP contribution in [-0.4, -0.2) is 23.5 Å². The number of aliphatic hydroxyl groups is 1. The van der Waals surface area contributed by atoms with E-state index >= 15 is 0 Å². The minimum absolute atomic E-state index is 0.0149. The van der Waals surface area contributed by atoms with Crippen LogP contribution in [0.2, 0.25) is 0 Å². The number of hydrogen-bond donors (Lipinski definition) is 2. The van der Waals surface area contributed by atoms with E-state index in [0.717, 1.165) is 19.3 Å². The molecule has 0 spiro atoms. The molecule has 0 aromatic carbocycles. The molecular formula is C13H27NO2. The van der Waals surface area contributed by atoms with Gasteiger partial charge in [-0.05, 0) is 24.2 Å². The third-order valence-electron chi connectivity index (χ3n) is 3.14. The molecule has 0 aromatic rings. The fourth-order valence-corrected chi connectivity index (χ4v) is 1.98. The van der Waals surface area contributed by atoms with Crippen molar-refractivity contribution in [3.63, 3.8) is 0 Å². The van der Waals surface area contributed by atoms with Gasteiger partial charge in [0.25, 0.3) is 0 Å². The van der Waals surface area contributed by atoms with Gasteiger partial charge in [-0.3, -0.25) is 0 Å². The van der Waals surface area contributed by atoms with Crippen molar-refractivity contribution in [2.24, 2.45) is 17.1 Å². The van der Waals surface area contributed by atoms with E-state index in [0.29, 0.717) is 12.7 Å². The smallest absolute Gasteiger partial charge is 0.148 e. The summed E-state index contributed by atoms with van der Waals surface area (Å²) in [6, 6.07) is 0.0219. The Hall–Kier alpha value is -0.410. The Morgan fingerprint density at radius 2 is 1.94 bits per heavy atom. The predicted molar refractivity (Wildman–Crippen MR) is 67.1 cm³/mol. The number of carbonyl (C=O) groups is 1. The highest BCUT2D eigenvalue weighted by atomic mass is 16.3. The highest BCUT2D eigenvalue weighted by Crippen LogP contribution is 2.29. The van der Waals surface area contributed by atoms with Crippen molar-refractivity contribution < 1.29 is 9.90 Å². The molecular weight excluding hydrogens is 202 g/mol. The van der Waals surface area contributed by atoms with Crippen molar-refractivity contribution >= 4 is 6.29 Å². The zero-order valence-electron chi connectivity index (χ0n) is 11.1. The summed E-state index contributed by atoms with van der Waals surface area (Å²) in [7, 11) is 0. The second-order valence-electron chi connectivity index (χ2n) is 5.73. The molecule has 3 nitrogen and oxygen atoms in total. The van der Waals surface area contributed by atoms with E-state index in [1.54, 1.807) is 0 Å². The topological polar surface area (TPSA) is 63.3 Å². The highest BCUT2D eigenvalue weighted by Gasteiger charge is 2.29. The summed E-state index contributed by atoms with van der Waals surface area (Å²) in [6.45, 7) is 8.44. The maximum atomic E-state index is 10.5. The molecule has 3 unspecified atom stereocenters. The van der Waals surface area contributed by atoms with Crippen molar-refractivity contribution in [1.29, 1.82) is 0 Å². The molecule has 0 saturated heterocycles. The van der Waals surface area contributed by atoms with E-state index in [-0.39, 0.29) is 17.4 Å². The third kappa shape index (κ3) is 5.61. The Balaban J connectivity index is 4.46. The Morgan fingerprint density at radius 3 is 2.31 bits per heavy atom. The molecule has 96 valence electrons. The van der Waals surface area contributed by atoms with Gasteiger partial charge in [0.05, 0.1) is 0 Å². The van der Waals surface area contributed by atoms with Gasteiger partial charge >= 0.3 is 0 Å². The van der Waals surface area contributed by atoms with Gasteiger partial charge in [-0.2, -0.15) is 0 Å². The van der Waals surface area contributed by atoms with Gasteiger partial charge in [0.15, 0.2) is 0 Å². The normalized spacial score (nSPS) is 17.9. The summed E-state index contributed by atoms with van der Waals surface area (Å²) in [4.78, 5) is 10.5. The first-order valence-corrected chi connectivity index (χ1v) is 6.21. The van der Waals surface area contributed by atoms with Crippen LogP contribution >= 0.6 is 0 Å². The molecule has 0 aliphatic carbocycles. The first-order valence-electron chi connectivity index (χ1n) is 6.21. The van der Waals surface area contributed by atoms with Gasteiger partial charge in [-0.25, -0.2) is 0 Å². The quantitative estimate of drug-likeness (QED) is 0.657. The predicted octanol–water partition coefficient (Wildman–Crippen LogP) is 2.12. The number of aldehydes is 1. The molecule has 3 N–H and O–H groups in total. The van der Waals surface area contributed by atoms with Crippen LogP contribution < -0.4 is 5.73 Å². The van der Waals surface area contributed by atoms with Gasteiger partial charge in [0.1, 0.15) is 12.4 Å². The molecule has 0 heterocycles. The van der Waals surface area contributed by atoms with E-state index < -0.39 is 6.10 Å². The molecule has 0 aromatic heterocycles. The fourth-order valence-electron chi connectivity index (χ4n) is 1.98. The number of unbranched alkanes of at least 4 members (excludes halogenated alkanes) is 1. The van der Waals surface area contributed by atoms with E-state index in [9.17, 15) is 9.90 Å². The van der Waals surface area contributed by atoms with Gasteiger partial charge in [-0.1, -0.05) is 40.5 Å². The molecule has 0 radical (unpaired) electrons. The molecule has 0 aliphatic rings. The lowest BCUT2D eigenvalue weighted by Gasteiger charge is -2.34. The van der Waals surface area contributed by atoms with Gasteiger partial charge in [0.2, 0.25) is 0 Å². The minimum Gasteiger partial charge on any atom is -0.386 e. The van der Waals surface area contributed by atoms with E-state index in [4.69, 9.17) is 5.73 Å². The summed E-state index contributed by atoms with van der Waals surface area (Å²) in [5.41, 5.74) is 6.23. The Morgan fingerprint density at radius 1 is 1.38 bits per heavy atom. The first-order chi connectivity index (χ1) is 7.32. The Labute approximate surface area is 99.4 Å². The van der Waals surface area contributed by atoms with E-state index in [2.05, 4.69) is 27.7 Å². The van der Waals surface area contributed by atoms with Crippen molar-refractivity contribution in [2.75, 3.05) is 0 Å². The molecule has 16 heavy (non-hydrogen) atoms. The summed E-state index contributed by atoms with van der Waals surface area (Å²) >= 11 is 0. The van der Waals surface area contributed by atoms with Crippen LogP contribution in [0.25, 0.3) is 0 Å². The van der Waals surface area contributed by atoms with Crippen LogP contribution in [0.3, 0.4) is 0 Å².